The van der Waals surface area contributed by atoms with E-state index in [1.165, 1.54) is 13.1 Å². The first-order valence-electron chi connectivity index (χ1n) is 10.6. The number of ether oxygens (including phenoxy) is 1. The number of benzene rings is 2. The summed E-state index contributed by atoms with van der Waals surface area (Å²) in [4.78, 5) is 25.6. The Morgan fingerprint density at radius 3 is 2.39 bits per heavy atom. The number of carbonyl (C=O) groups excluding carboxylic acids is 2. The van der Waals surface area contributed by atoms with Crippen molar-refractivity contribution in [1.82, 2.24) is 10.6 Å². The average Bonchev–Trinajstić information content (AvgIpc) is 3.08. The van der Waals surface area contributed by atoms with Gasteiger partial charge < -0.3 is 15.4 Å². The minimum atomic E-state index is -2.62. The van der Waals surface area contributed by atoms with Crippen molar-refractivity contribution >= 4 is 11.8 Å². The predicted molar refractivity (Wildman–Crippen MR) is 111 cm³/mol. The summed E-state index contributed by atoms with van der Waals surface area (Å²) in [7, 11) is 1.53. The van der Waals surface area contributed by atoms with Gasteiger partial charge in [-0.25, -0.2) is 8.78 Å². The molecule has 3 aliphatic rings. The Hall–Kier alpha value is -2.96. The Morgan fingerprint density at radius 1 is 1.06 bits per heavy atom. The van der Waals surface area contributed by atoms with Crippen molar-refractivity contribution in [3.8, 4) is 5.75 Å². The summed E-state index contributed by atoms with van der Waals surface area (Å²) in [5.41, 5.74) is 2.46. The number of fused-ring (bicyclic) bond motifs is 2. The van der Waals surface area contributed by atoms with Gasteiger partial charge in [-0.3, -0.25) is 9.59 Å². The van der Waals surface area contributed by atoms with Gasteiger partial charge in [-0.15, -0.1) is 0 Å². The van der Waals surface area contributed by atoms with E-state index >= 15 is 0 Å². The van der Waals surface area contributed by atoms with Crippen LogP contribution in [0, 0.1) is 11.8 Å². The van der Waals surface area contributed by atoms with Crippen molar-refractivity contribution in [2.45, 2.75) is 43.8 Å². The minimum Gasteiger partial charge on any atom is -0.489 e. The molecule has 1 unspecified atom stereocenters. The Kier molecular flexibility index (Phi) is 4.53. The molecule has 1 heterocycles. The van der Waals surface area contributed by atoms with E-state index in [0.717, 1.165) is 11.1 Å². The molecule has 2 aromatic rings. The zero-order valence-corrected chi connectivity index (χ0v) is 17.3. The van der Waals surface area contributed by atoms with Crippen LogP contribution in [-0.4, -0.2) is 36.9 Å². The van der Waals surface area contributed by atoms with Crippen LogP contribution in [0.25, 0.3) is 0 Å². The minimum absolute atomic E-state index is 0.119. The van der Waals surface area contributed by atoms with Crippen LogP contribution >= 0.6 is 0 Å². The third kappa shape index (κ3) is 3.36. The monoisotopic (exact) mass is 426 g/mol. The van der Waals surface area contributed by atoms with Crippen molar-refractivity contribution in [3.05, 3.63) is 64.7 Å². The molecule has 2 N–H and O–H groups in total. The van der Waals surface area contributed by atoms with Gasteiger partial charge in [0.15, 0.2) is 0 Å². The molecule has 5 rings (SSSR count). The summed E-state index contributed by atoms with van der Waals surface area (Å²) in [6.45, 7) is 1.94. The van der Waals surface area contributed by atoms with Gasteiger partial charge in [-0.1, -0.05) is 30.3 Å². The highest BCUT2D eigenvalue weighted by Gasteiger charge is 2.63. The zero-order valence-electron chi connectivity index (χ0n) is 17.3. The highest BCUT2D eigenvalue weighted by atomic mass is 19.3. The van der Waals surface area contributed by atoms with Crippen molar-refractivity contribution in [1.29, 1.82) is 0 Å². The van der Waals surface area contributed by atoms with E-state index in [2.05, 4.69) is 10.6 Å². The van der Waals surface area contributed by atoms with Crippen molar-refractivity contribution < 1.29 is 23.1 Å². The van der Waals surface area contributed by atoms with Crippen LogP contribution in [0.1, 0.15) is 57.5 Å². The SMILES string of the molecule is CNC(=O)c1cc(C(=O)NC2[C@H]3CC(F)(F)C[C@@H]23)cc2c1O[C@H](C)[C@H]2c1ccccc1. The fraction of sp³-hybridized carbons (Fsp3) is 0.417. The molecule has 0 saturated heterocycles. The molecule has 1 aliphatic heterocycles. The summed E-state index contributed by atoms with van der Waals surface area (Å²) in [5, 5.41) is 5.51. The number of halogens is 2. The summed E-state index contributed by atoms with van der Waals surface area (Å²) >= 11 is 0. The number of alkyl halides is 2. The van der Waals surface area contributed by atoms with Crippen molar-refractivity contribution in [2.75, 3.05) is 7.05 Å². The van der Waals surface area contributed by atoms with E-state index in [0.29, 0.717) is 16.9 Å². The van der Waals surface area contributed by atoms with Crippen LogP contribution in [0.4, 0.5) is 8.78 Å². The number of amides is 2. The molecule has 0 radical (unpaired) electrons. The molecule has 5 nitrogen and oxygen atoms in total. The Labute approximate surface area is 179 Å². The number of nitrogens with one attached hydrogen (secondary N) is 2. The fourth-order valence-electron chi connectivity index (χ4n) is 5.29. The molecular weight excluding hydrogens is 402 g/mol. The van der Waals surface area contributed by atoms with Gasteiger partial charge in [0.25, 0.3) is 11.8 Å². The van der Waals surface area contributed by atoms with Gasteiger partial charge in [0, 0.05) is 43.0 Å². The summed E-state index contributed by atoms with van der Waals surface area (Å²) in [5.74, 6) is -3.25. The molecule has 2 fully saturated rings. The lowest BCUT2D eigenvalue weighted by atomic mass is 9.87. The molecule has 31 heavy (non-hydrogen) atoms. The Balaban J connectivity index is 1.47. The average molecular weight is 426 g/mol. The van der Waals surface area contributed by atoms with Crippen LogP contribution < -0.4 is 15.4 Å². The third-order valence-electron chi connectivity index (χ3n) is 6.82. The lowest BCUT2D eigenvalue weighted by molar-refractivity contribution is -0.00623. The molecule has 2 aliphatic carbocycles. The molecule has 0 aromatic heterocycles. The smallest absolute Gasteiger partial charge is 0.254 e. The van der Waals surface area contributed by atoms with Crippen LogP contribution in [0.5, 0.6) is 5.75 Å². The van der Waals surface area contributed by atoms with Gasteiger partial charge in [-0.05, 0) is 36.5 Å². The molecule has 2 aromatic carbocycles. The first-order chi connectivity index (χ1) is 14.8. The number of hydrogen-bond donors (Lipinski definition) is 2. The maximum atomic E-state index is 13.5. The third-order valence-corrected chi connectivity index (χ3v) is 6.82. The molecule has 2 saturated carbocycles. The van der Waals surface area contributed by atoms with E-state index in [1.807, 2.05) is 37.3 Å². The van der Waals surface area contributed by atoms with Crippen LogP contribution in [-0.2, 0) is 0 Å². The fourth-order valence-corrected chi connectivity index (χ4v) is 5.29. The van der Waals surface area contributed by atoms with Gasteiger partial charge in [0.1, 0.15) is 11.9 Å². The van der Waals surface area contributed by atoms with E-state index in [9.17, 15) is 18.4 Å². The largest absolute Gasteiger partial charge is 0.489 e. The molecule has 5 atom stereocenters. The lowest BCUT2D eigenvalue weighted by Gasteiger charge is -2.16. The molecule has 7 heteroatoms. The zero-order chi connectivity index (χ0) is 21.9. The molecule has 0 bridgehead atoms. The van der Waals surface area contributed by atoms with E-state index in [1.54, 1.807) is 6.07 Å². The molecule has 0 spiro atoms. The Bertz CT molecular complexity index is 1040. The number of rotatable bonds is 4. The van der Waals surface area contributed by atoms with Gasteiger partial charge in [-0.2, -0.15) is 0 Å². The predicted octanol–water partition coefficient (Wildman–Crippen LogP) is 3.73. The number of hydrogen-bond acceptors (Lipinski definition) is 3. The highest BCUT2D eigenvalue weighted by Crippen LogP contribution is 2.58. The Morgan fingerprint density at radius 2 is 1.74 bits per heavy atom. The normalized spacial score (nSPS) is 29.5. The second-order valence-electron chi connectivity index (χ2n) is 8.82. The maximum Gasteiger partial charge on any atom is 0.254 e. The summed E-state index contributed by atoms with van der Waals surface area (Å²) in [6.07, 6.45) is -0.542. The van der Waals surface area contributed by atoms with Gasteiger partial charge in [0.2, 0.25) is 5.92 Å². The first-order valence-corrected chi connectivity index (χ1v) is 10.6. The lowest BCUT2D eigenvalue weighted by Crippen LogP contribution is -2.31. The molecular formula is C24H24F2N2O3. The quantitative estimate of drug-likeness (QED) is 0.783. The van der Waals surface area contributed by atoms with E-state index < -0.39 is 5.92 Å². The van der Waals surface area contributed by atoms with Gasteiger partial charge in [0.05, 0.1) is 5.56 Å². The van der Waals surface area contributed by atoms with Crippen LogP contribution in [0.15, 0.2) is 42.5 Å². The van der Waals surface area contributed by atoms with Gasteiger partial charge >= 0.3 is 0 Å². The molecule has 2 amide bonds. The number of carbonyl (C=O) groups is 2. The van der Waals surface area contributed by atoms with Crippen molar-refractivity contribution in [2.24, 2.45) is 11.8 Å². The maximum absolute atomic E-state index is 13.5. The second kappa shape index (κ2) is 7.04. The van der Waals surface area contributed by atoms with Crippen LogP contribution in [0.2, 0.25) is 0 Å². The van der Waals surface area contributed by atoms with Crippen LogP contribution in [0.3, 0.4) is 0 Å². The topological polar surface area (TPSA) is 67.4 Å². The van der Waals surface area contributed by atoms with E-state index in [4.69, 9.17) is 4.74 Å². The molecule has 162 valence electrons. The van der Waals surface area contributed by atoms with E-state index in [-0.39, 0.29) is 54.6 Å². The highest BCUT2D eigenvalue weighted by molar-refractivity contribution is 6.02. The van der Waals surface area contributed by atoms with Crippen molar-refractivity contribution in [3.63, 3.8) is 0 Å². The second-order valence-corrected chi connectivity index (χ2v) is 8.82. The first kappa shape index (κ1) is 20.0. The standard InChI is InChI=1S/C24H24F2N2O3/c1-12-19(13-6-4-3-5-7-13)15-8-14(9-16(21(15)31-12)23(30)27-2)22(29)28-20-17-10-24(25,26)11-18(17)20/h3-9,12,17-20H,10-11H2,1-2H3,(H,27,30)(H,28,29)/t12-,17-,18+,19+,20?/m1/s1. The summed E-state index contributed by atoms with van der Waals surface area (Å²) in [6, 6.07) is 12.9. The summed E-state index contributed by atoms with van der Waals surface area (Å²) < 4.78 is 33.0.